The molecule has 0 radical (unpaired) electrons. The second-order valence-corrected chi connectivity index (χ2v) is 7.69. The maximum absolute atomic E-state index is 5.42. The number of ether oxygens (including phenoxy) is 1. The van der Waals surface area contributed by atoms with Crippen molar-refractivity contribution in [1.29, 1.82) is 0 Å². The van der Waals surface area contributed by atoms with Crippen LogP contribution in [0.5, 0.6) is 0 Å². The van der Waals surface area contributed by atoms with E-state index in [0.29, 0.717) is 5.95 Å². The molecule has 5 rings (SSSR count). The zero-order valence-electron chi connectivity index (χ0n) is 17.7. The van der Waals surface area contributed by atoms with Gasteiger partial charge in [-0.2, -0.15) is 5.10 Å². The Labute approximate surface area is 186 Å². The van der Waals surface area contributed by atoms with Crippen molar-refractivity contribution in [1.82, 2.24) is 30.0 Å². The molecule has 0 atom stereocenters. The molecule has 0 aliphatic carbocycles. The molecular weight excluding hydrogens is 402 g/mol. The van der Waals surface area contributed by atoms with Crippen LogP contribution >= 0.6 is 0 Å². The second-order valence-electron chi connectivity index (χ2n) is 7.69. The molecule has 1 aliphatic rings. The molecule has 0 amide bonds. The molecule has 1 aromatic carbocycles. The first kappa shape index (κ1) is 20.3. The quantitative estimate of drug-likeness (QED) is 0.466. The summed E-state index contributed by atoms with van der Waals surface area (Å²) in [6.45, 7) is 4.78. The topological polar surface area (TPSA) is 91.8 Å². The molecule has 2 N–H and O–H groups in total. The molecule has 3 aromatic heterocycles. The molecule has 0 spiro atoms. The molecular formula is C24H25N7O. The third kappa shape index (κ3) is 4.82. The van der Waals surface area contributed by atoms with Crippen LogP contribution in [0, 0.1) is 0 Å². The van der Waals surface area contributed by atoms with Crippen LogP contribution in [0.15, 0.2) is 67.3 Å². The van der Waals surface area contributed by atoms with Crippen LogP contribution in [0.3, 0.4) is 0 Å². The van der Waals surface area contributed by atoms with Gasteiger partial charge in [-0.15, -0.1) is 0 Å². The predicted molar refractivity (Wildman–Crippen MR) is 124 cm³/mol. The zero-order valence-corrected chi connectivity index (χ0v) is 17.7. The van der Waals surface area contributed by atoms with Crippen LogP contribution in [-0.4, -0.2) is 62.9 Å². The van der Waals surface area contributed by atoms with Crippen LogP contribution < -0.4 is 5.32 Å². The van der Waals surface area contributed by atoms with Crippen molar-refractivity contribution in [2.75, 3.05) is 38.2 Å². The highest BCUT2D eigenvalue weighted by Gasteiger charge is 2.13. The average molecular weight is 428 g/mol. The Bertz CT molecular complexity index is 1140. The van der Waals surface area contributed by atoms with Crippen molar-refractivity contribution in [2.24, 2.45) is 0 Å². The summed E-state index contributed by atoms with van der Waals surface area (Å²) < 4.78 is 5.42. The van der Waals surface area contributed by atoms with Gasteiger partial charge in [-0.1, -0.05) is 12.1 Å². The molecule has 32 heavy (non-hydrogen) atoms. The van der Waals surface area contributed by atoms with Gasteiger partial charge in [-0.25, -0.2) is 9.97 Å². The minimum Gasteiger partial charge on any atom is -0.379 e. The van der Waals surface area contributed by atoms with E-state index < -0.39 is 0 Å². The number of pyridine rings is 1. The lowest BCUT2D eigenvalue weighted by Gasteiger charge is -2.26. The predicted octanol–water partition coefficient (Wildman–Crippen LogP) is 3.55. The van der Waals surface area contributed by atoms with Gasteiger partial charge in [0, 0.05) is 55.0 Å². The lowest BCUT2D eigenvalue weighted by molar-refractivity contribution is 0.0384. The van der Waals surface area contributed by atoms with Gasteiger partial charge in [-0.3, -0.25) is 15.0 Å². The number of H-pyrrole nitrogens is 1. The van der Waals surface area contributed by atoms with Crippen molar-refractivity contribution >= 4 is 11.6 Å². The highest BCUT2D eigenvalue weighted by atomic mass is 16.5. The van der Waals surface area contributed by atoms with E-state index in [1.54, 1.807) is 24.8 Å². The van der Waals surface area contributed by atoms with Crippen LogP contribution in [0.4, 0.5) is 11.6 Å². The highest BCUT2D eigenvalue weighted by molar-refractivity contribution is 5.78. The summed E-state index contributed by atoms with van der Waals surface area (Å²) in [7, 11) is 0. The number of nitrogens with one attached hydrogen (secondary N) is 2. The molecule has 0 unspecified atom stereocenters. The number of benzene rings is 1. The van der Waals surface area contributed by atoms with Crippen molar-refractivity contribution in [3.05, 3.63) is 72.8 Å². The van der Waals surface area contributed by atoms with Crippen molar-refractivity contribution in [2.45, 2.75) is 6.42 Å². The smallest absolute Gasteiger partial charge is 0.227 e. The van der Waals surface area contributed by atoms with E-state index >= 15 is 0 Å². The van der Waals surface area contributed by atoms with Gasteiger partial charge in [0.1, 0.15) is 0 Å². The monoisotopic (exact) mass is 427 g/mol. The SMILES string of the molecule is c1cncc(-c2[nH]ncc2-c2ccnc(Nc3ccc(CCN4CCOCC4)cc3)n2)c1. The van der Waals surface area contributed by atoms with E-state index in [1.165, 1.54) is 5.56 Å². The Hall–Kier alpha value is -3.62. The number of nitrogens with zero attached hydrogens (tertiary/aromatic N) is 5. The first-order valence-electron chi connectivity index (χ1n) is 10.8. The van der Waals surface area contributed by atoms with Crippen LogP contribution in [0.1, 0.15) is 5.56 Å². The number of hydrogen-bond donors (Lipinski definition) is 2. The summed E-state index contributed by atoms with van der Waals surface area (Å²) in [5.74, 6) is 0.543. The largest absolute Gasteiger partial charge is 0.379 e. The second kappa shape index (κ2) is 9.67. The van der Waals surface area contributed by atoms with Gasteiger partial charge in [0.05, 0.1) is 30.8 Å². The van der Waals surface area contributed by atoms with E-state index in [2.05, 4.69) is 54.6 Å². The molecule has 1 fully saturated rings. The molecule has 162 valence electrons. The van der Waals surface area contributed by atoms with Crippen LogP contribution in [0.25, 0.3) is 22.5 Å². The Balaban J connectivity index is 1.26. The average Bonchev–Trinajstić information content (AvgIpc) is 3.35. The van der Waals surface area contributed by atoms with E-state index in [-0.39, 0.29) is 0 Å². The van der Waals surface area contributed by atoms with Crippen LogP contribution in [-0.2, 0) is 11.2 Å². The molecule has 0 saturated carbocycles. The molecule has 8 nitrogen and oxygen atoms in total. The fourth-order valence-electron chi connectivity index (χ4n) is 3.78. The normalized spacial score (nSPS) is 14.4. The molecule has 4 aromatic rings. The minimum absolute atomic E-state index is 0.543. The summed E-state index contributed by atoms with van der Waals surface area (Å²) >= 11 is 0. The number of hydrogen-bond acceptors (Lipinski definition) is 7. The number of rotatable bonds is 7. The summed E-state index contributed by atoms with van der Waals surface area (Å²) in [5, 5.41) is 10.6. The fraction of sp³-hybridized carbons (Fsp3) is 0.250. The van der Waals surface area contributed by atoms with E-state index in [4.69, 9.17) is 9.72 Å². The van der Waals surface area contributed by atoms with Gasteiger partial charge < -0.3 is 10.1 Å². The van der Waals surface area contributed by atoms with E-state index in [9.17, 15) is 0 Å². The molecule has 1 saturated heterocycles. The van der Waals surface area contributed by atoms with Crippen molar-refractivity contribution in [3.63, 3.8) is 0 Å². The molecule has 8 heteroatoms. The van der Waals surface area contributed by atoms with Crippen molar-refractivity contribution in [3.8, 4) is 22.5 Å². The number of morpholine rings is 1. The maximum Gasteiger partial charge on any atom is 0.227 e. The van der Waals surface area contributed by atoms with Gasteiger partial charge in [-0.05, 0) is 42.3 Å². The summed E-state index contributed by atoms with van der Waals surface area (Å²) in [4.78, 5) is 15.7. The number of aromatic nitrogens is 5. The van der Waals surface area contributed by atoms with E-state index in [0.717, 1.165) is 67.5 Å². The lowest BCUT2D eigenvalue weighted by atomic mass is 10.1. The van der Waals surface area contributed by atoms with E-state index in [1.807, 2.05) is 18.2 Å². The first-order chi connectivity index (χ1) is 15.8. The number of anilines is 2. The third-order valence-corrected chi connectivity index (χ3v) is 5.55. The van der Waals surface area contributed by atoms with Gasteiger partial charge in [0.15, 0.2) is 0 Å². The lowest BCUT2D eigenvalue weighted by Crippen LogP contribution is -2.37. The van der Waals surface area contributed by atoms with Gasteiger partial charge in [0.25, 0.3) is 0 Å². The standard InChI is InChI=1S/C24H25N7O/c1-2-19(16-25-9-1)23-21(17-27-30-23)22-7-10-26-24(29-22)28-20-5-3-18(4-6-20)8-11-31-12-14-32-15-13-31/h1-7,9-10,16-17H,8,11-15H2,(H,27,30)(H,26,28,29). The molecule has 4 heterocycles. The first-order valence-corrected chi connectivity index (χ1v) is 10.8. The highest BCUT2D eigenvalue weighted by Crippen LogP contribution is 2.28. The summed E-state index contributed by atoms with van der Waals surface area (Å²) in [6, 6.07) is 14.2. The zero-order chi connectivity index (χ0) is 21.6. The third-order valence-electron chi connectivity index (χ3n) is 5.55. The maximum atomic E-state index is 5.42. The Kier molecular flexibility index (Phi) is 6.13. The Morgan fingerprint density at radius 2 is 1.88 bits per heavy atom. The fourth-order valence-corrected chi connectivity index (χ4v) is 3.78. The Morgan fingerprint density at radius 1 is 1.00 bits per heavy atom. The van der Waals surface area contributed by atoms with Crippen LogP contribution in [0.2, 0.25) is 0 Å². The summed E-state index contributed by atoms with van der Waals surface area (Å²) in [5.41, 5.74) is 5.81. The summed E-state index contributed by atoms with van der Waals surface area (Å²) in [6.07, 6.45) is 8.11. The minimum atomic E-state index is 0.543. The molecule has 0 bridgehead atoms. The Morgan fingerprint density at radius 3 is 2.69 bits per heavy atom. The molecule has 1 aliphatic heterocycles. The van der Waals surface area contributed by atoms with Gasteiger partial charge in [0.2, 0.25) is 5.95 Å². The van der Waals surface area contributed by atoms with Crippen molar-refractivity contribution < 1.29 is 4.74 Å². The number of aromatic amines is 1. The van der Waals surface area contributed by atoms with Gasteiger partial charge >= 0.3 is 0 Å².